The number of aromatic hydroxyl groups is 1. The minimum Gasteiger partial charge on any atom is -0.508 e. The fourth-order valence-corrected chi connectivity index (χ4v) is 2.64. The Kier molecular flexibility index (Phi) is 7.95. The quantitative estimate of drug-likeness (QED) is 0.333. The number of carbonyl (C=O) groups is 1. The number of amides is 1. The molecule has 144 valence electrons. The largest absolute Gasteiger partial charge is 0.508 e. The van der Waals surface area contributed by atoms with Gasteiger partial charge in [0.2, 0.25) is 0 Å². The second-order valence-electron chi connectivity index (χ2n) is 5.98. The van der Waals surface area contributed by atoms with Crippen molar-refractivity contribution in [3.05, 3.63) is 64.7 Å². The van der Waals surface area contributed by atoms with Gasteiger partial charge in [0, 0.05) is 23.7 Å². The first-order valence-corrected chi connectivity index (χ1v) is 9.25. The maximum atomic E-state index is 12.0. The molecule has 27 heavy (non-hydrogen) atoms. The van der Waals surface area contributed by atoms with Gasteiger partial charge in [-0.05, 0) is 55.8 Å². The first-order chi connectivity index (χ1) is 13.0. The summed E-state index contributed by atoms with van der Waals surface area (Å²) < 4.78 is 0. The van der Waals surface area contributed by atoms with E-state index in [4.69, 9.17) is 11.6 Å². The zero-order valence-electron chi connectivity index (χ0n) is 15.5. The molecule has 0 spiro atoms. The standard InChI is InChI=1S/C20H25ClN4O2/c1-3-22-20(25-14(2)16-5-4-6-17(21)13-16)24-12-11-23-19(27)15-7-9-18(26)10-8-15/h4-10,13-14,26H,3,11-12H2,1-2H3,(H,23,27)(H2,22,24,25). The lowest BCUT2D eigenvalue weighted by molar-refractivity contribution is 0.0955. The molecule has 1 atom stereocenters. The van der Waals surface area contributed by atoms with Crippen LogP contribution in [0.25, 0.3) is 0 Å². The van der Waals surface area contributed by atoms with Gasteiger partial charge in [-0.3, -0.25) is 9.79 Å². The molecule has 4 N–H and O–H groups in total. The van der Waals surface area contributed by atoms with Gasteiger partial charge >= 0.3 is 0 Å². The number of nitrogens with one attached hydrogen (secondary N) is 3. The molecule has 2 rings (SSSR count). The van der Waals surface area contributed by atoms with Gasteiger partial charge in [0.15, 0.2) is 5.96 Å². The Labute approximate surface area is 164 Å². The SMILES string of the molecule is CCNC(=NCCNC(=O)c1ccc(O)cc1)NC(C)c1cccc(Cl)c1. The third kappa shape index (κ3) is 6.83. The molecule has 0 aliphatic rings. The molecule has 0 aliphatic heterocycles. The molecule has 0 aliphatic carbocycles. The first kappa shape index (κ1) is 20.6. The van der Waals surface area contributed by atoms with Crippen LogP contribution < -0.4 is 16.0 Å². The summed E-state index contributed by atoms with van der Waals surface area (Å²) in [6.07, 6.45) is 0. The van der Waals surface area contributed by atoms with Gasteiger partial charge in [-0.15, -0.1) is 0 Å². The van der Waals surface area contributed by atoms with Crippen molar-refractivity contribution >= 4 is 23.5 Å². The summed E-state index contributed by atoms with van der Waals surface area (Å²) in [6, 6.07) is 13.8. The zero-order chi connectivity index (χ0) is 19.6. The summed E-state index contributed by atoms with van der Waals surface area (Å²) in [5.74, 6) is 0.602. The Bertz CT molecular complexity index is 778. The lowest BCUT2D eigenvalue weighted by Crippen LogP contribution is -2.39. The van der Waals surface area contributed by atoms with E-state index in [-0.39, 0.29) is 17.7 Å². The smallest absolute Gasteiger partial charge is 0.251 e. The highest BCUT2D eigenvalue weighted by Gasteiger charge is 2.08. The van der Waals surface area contributed by atoms with Crippen LogP contribution in [0.1, 0.15) is 35.8 Å². The molecule has 2 aromatic carbocycles. The number of hydrogen-bond acceptors (Lipinski definition) is 3. The van der Waals surface area contributed by atoms with Gasteiger partial charge in [0.1, 0.15) is 5.75 Å². The summed E-state index contributed by atoms with van der Waals surface area (Å²) in [5.41, 5.74) is 1.56. The summed E-state index contributed by atoms with van der Waals surface area (Å²) in [4.78, 5) is 16.5. The molecule has 6 nitrogen and oxygen atoms in total. The highest BCUT2D eigenvalue weighted by molar-refractivity contribution is 6.30. The number of phenolic OH excluding ortho intramolecular Hbond substituents is 1. The van der Waals surface area contributed by atoms with E-state index in [9.17, 15) is 9.90 Å². The third-order valence-electron chi connectivity index (χ3n) is 3.84. The Hall–Kier alpha value is -2.73. The summed E-state index contributed by atoms with van der Waals surface area (Å²) in [6.45, 7) is 5.59. The Morgan fingerprint density at radius 1 is 1.19 bits per heavy atom. The van der Waals surface area contributed by atoms with E-state index in [0.29, 0.717) is 29.6 Å². The summed E-state index contributed by atoms with van der Waals surface area (Å²) in [7, 11) is 0. The molecule has 0 radical (unpaired) electrons. The van der Waals surface area contributed by atoms with E-state index in [1.54, 1.807) is 12.1 Å². The topological polar surface area (TPSA) is 85.8 Å². The predicted molar refractivity (Wildman–Crippen MR) is 109 cm³/mol. The van der Waals surface area contributed by atoms with E-state index in [1.165, 1.54) is 12.1 Å². The number of nitrogens with zero attached hydrogens (tertiary/aromatic N) is 1. The Morgan fingerprint density at radius 2 is 1.93 bits per heavy atom. The van der Waals surface area contributed by atoms with Crippen LogP contribution in [-0.4, -0.2) is 36.6 Å². The van der Waals surface area contributed by atoms with Gasteiger partial charge in [-0.2, -0.15) is 0 Å². The number of rotatable bonds is 7. The average Bonchev–Trinajstić information content (AvgIpc) is 2.65. The van der Waals surface area contributed by atoms with Crippen LogP contribution in [0.2, 0.25) is 5.02 Å². The van der Waals surface area contributed by atoms with Crippen LogP contribution in [-0.2, 0) is 0 Å². The van der Waals surface area contributed by atoms with E-state index in [2.05, 4.69) is 20.9 Å². The highest BCUT2D eigenvalue weighted by Crippen LogP contribution is 2.17. The summed E-state index contributed by atoms with van der Waals surface area (Å²) in [5, 5.41) is 19.3. The molecule has 0 bridgehead atoms. The molecule has 0 aromatic heterocycles. The second kappa shape index (κ2) is 10.4. The van der Waals surface area contributed by atoms with E-state index in [1.807, 2.05) is 38.1 Å². The molecule has 0 saturated carbocycles. The number of hydrogen-bond donors (Lipinski definition) is 4. The van der Waals surface area contributed by atoms with E-state index in [0.717, 1.165) is 12.1 Å². The Morgan fingerprint density at radius 3 is 2.59 bits per heavy atom. The normalized spacial score (nSPS) is 12.3. The van der Waals surface area contributed by atoms with Gasteiger partial charge in [0.25, 0.3) is 5.91 Å². The lowest BCUT2D eigenvalue weighted by atomic mass is 10.1. The van der Waals surface area contributed by atoms with Crippen molar-refractivity contribution in [2.24, 2.45) is 4.99 Å². The Balaban J connectivity index is 1.87. The van der Waals surface area contributed by atoms with Crippen LogP contribution in [0.3, 0.4) is 0 Å². The molecule has 1 amide bonds. The first-order valence-electron chi connectivity index (χ1n) is 8.87. The van der Waals surface area contributed by atoms with E-state index < -0.39 is 0 Å². The van der Waals surface area contributed by atoms with Crippen LogP contribution >= 0.6 is 11.6 Å². The van der Waals surface area contributed by atoms with Crippen LogP contribution in [0.4, 0.5) is 0 Å². The average molecular weight is 389 g/mol. The van der Waals surface area contributed by atoms with Crippen molar-refractivity contribution in [2.75, 3.05) is 19.6 Å². The van der Waals surface area contributed by atoms with Gasteiger partial charge in [-0.1, -0.05) is 23.7 Å². The third-order valence-corrected chi connectivity index (χ3v) is 4.08. The zero-order valence-corrected chi connectivity index (χ0v) is 16.3. The second-order valence-corrected chi connectivity index (χ2v) is 6.42. The fraction of sp³-hybridized carbons (Fsp3) is 0.300. The molecule has 2 aromatic rings. The van der Waals surface area contributed by atoms with Crippen molar-refractivity contribution in [2.45, 2.75) is 19.9 Å². The molecule has 0 saturated heterocycles. The van der Waals surface area contributed by atoms with Gasteiger partial charge in [-0.25, -0.2) is 0 Å². The molecule has 1 unspecified atom stereocenters. The molecular weight excluding hydrogens is 364 g/mol. The highest BCUT2D eigenvalue weighted by atomic mass is 35.5. The number of carbonyl (C=O) groups excluding carboxylic acids is 1. The van der Waals surface area contributed by atoms with Crippen LogP contribution in [0.15, 0.2) is 53.5 Å². The predicted octanol–water partition coefficient (Wildman–Crippen LogP) is 3.09. The maximum Gasteiger partial charge on any atom is 0.251 e. The van der Waals surface area contributed by atoms with Crippen LogP contribution in [0.5, 0.6) is 5.75 Å². The van der Waals surface area contributed by atoms with Crippen molar-refractivity contribution in [3.8, 4) is 5.75 Å². The van der Waals surface area contributed by atoms with Crippen molar-refractivity contribution in [3.63, 3.8) is 0 Å². The van der Waals surface area contributed by atoms with Crippen LogP contribution in [0, 0.1) is 0 Å². The maximum absolute atomic E-state index is 12.0. The minimum atomic E-state index is -0.199. The molecule has 0 fully saturated rings. The molecular formula is C20H25ClN4O2. The fourth-order valence-electron chi connectivity index (χ4n) is 2.44. The molecule has 7 heteroatoms. The number of guanidine groups is 1. The van der Waals surface area contributed by atoms with Crippen molar-refractivity contribution < 1.29 is 9.90 Å². The minimum absolute atomic E-state index is 0.0353. The number of halogens is 1. The molecule has 0 heterocycles. The van der Waals surface area contributed by atoms with Gasteiger partial charge < -0.3 is 21.1 Å². The number of aliphatic imine (C=N–C) groups is 1. The van der Waals surface area contributed by atoms with Gasteiger partial charge in [0.05, 0.1) is 12.6 Å². The van der Waals surface area contributed by atoms with E-state index >= 15 is 0 Å². The number of phenols is 1. The summed E-state index contributed by atoms with van der Waals surface area (Å²) >= 11 is 6.05. The monoisotopic (exact) mass is 388 g/mol. The van der Waals surface area contributed by atoms with Crippen molar-refractivity contribution in [1.29, 1.82) is 0 Å². The van der Waals surface area contributed by atoms with Crippen molar-refractivity contribution in [1.82, 2.24) is 16.0 Å². The lowest BCUT2D eigenvalue weighted by Gasteiger charge is -2.18. The number of benzene rings is 2.